The van der Waals surface area contributed by atoms with E-state index in [1.54, 1.807) is 12.1 Å². The summed E-state index contributed by atoms with van der Waals surface area (Å²) in [6.07, 6.45) is 1.05. The van der Waals surface area contributed by atoms with Crippen molar-refractivity contribution in [1.82, 2.24) is 0 Å². The Labute approximate surface area is 118 Å². The smallest absolute Gasteiger partial charge is 0.311 e. The fourth-order valence-corrected chi connectivity index (χ4v) is 2.57. The summed E-state index contributed by atoms with van der Waals surface area (Å²) in [5, 5.41) is 11.0. The molecule has 6 nitrogen and oxygen atoms in total. The molecule has 1 aromatic rings. The number of benzene rings is 1. The number of ether oxygens (including phenoxy) is 1. The Morgan fingerprint density at radius 3 is 2.90 bits per heavy atom. The van der Waals surface area contributed by atoms with Gasteiger partial charge < -0.3 is 15.4 Å². The van der Waals surface area contributed by atoms with Crippen LogP contribution in [0.2, 0.25) is 0 Å². The molecule has 1 saturated heterocycles. The minimum absolute atomic E-state index is 0.0125. The van der Waals surface area contributed by atoms with Gasteiger partial charge in [0.25, 0.3) is 0 Å². The predicted molar refractivity (Wildman–Crippen MR) is 78.2 cm³/mol. The van der Waals surface area contributed by atoms with Crippen molar-refractivity contribution < 1.29 is 9.66 Å². The molecule has 0 aliphatic carbocycles. The maximum absolute atomic E-state index is 11.0. The van der Waals surface area contributed by atoms with Crippen LogP contribution in [0, 0.1) is 16.0 Å². The van der Waals surface area contributed by atoms with Crippen LogP contribution in [0.3, 0.4) is 0 Å². The first kappa shape index (κ1) is 14.6. The summed E-state index contributed by atoms with van der Waals surface area (Å²) in [7, 11) is 0. The quantitative estimate of drug-likeness (QED) is 0.660. The molecular formula is C14H21N3O3. The maximum Gasteiger partial charge on any atom is 0.311 e. The lowest BCUT2D eigenvalue weighted by Gasteiger charge is -2.20. The van der Waals surface area contributed by atoms with Crippen LogP contribution in [0.5, 0.6) is 5.75 Å². The Hall–Kier alpha value is -1.82. The standard InChI is InChI=1S/C14H21N3O3/c1-3-20-14-8-12(4-5-13(14)17(18)19)16-7-6-11(9-16)10(2)15/h4-5,8,10-11H,3,6-7,9,15H2,1-2H3. The molecule has 2 unspecified atom stereocenters. The van der Waals surface area contributed by atoms with Crippen molar-refractivity contribution in [2.75, 3.05) is 24.6 Å². The van der Waals surface area contributed by atoms with Crippen molar-refractivity contribution in [3.8, 4) is 5.75 Å². The zero-order chi connectivity index (χ0) is 14.7. The summed E-state index contributed by atoms with van der Waals surface area (Å²) in [6.45, 7) is 6.07. The highest BCUT2D eigenvalue weighted by Gasteiger charge is 2.26. The van der Waals surface area contributed by atoms with Crippen LogP contribution in [0.4, 0.5) is 11.4 Å². The molecule has 0 spiro atoms. The van der Waals surface area contributed by atoms with Gasteiger partial charge in [0.2, 0.25) is 0 Å². The maximum atomic E-state index is 11.0. The van der Waals surface area contributed by atoms with Crippen molar-refractivity contribution in [1.29, 1.82) is 0 Å². The van der Waals surface area contributed by atoms with E-state index in [2.05, 4.69) is 4.90 Å². The minimum Gasteiger partial charge on any atom is -0.487 e. The second kappa shape index (κ2) is 6.09. The van der Waals surface area contributed by atoms with E-state index in [-0.39, 0.29) is 11.7 Å². The molecule has 20 heavy (non-hydrogen) atoms. The normalized spacial score (nSPS) is 19.9. The van der Waals surface area contributed by atoms with E-state index >= 15 is 0 Å². The van der Waals surface area contributed by atoms with Crippen LogP contribution in [0.1, 0.15) is 20.3 Å². The summed E-state index contributed by atoms with van der Waals surface area (Å²) >= 11 is 0. The minimum atomic E-state index is -0.413. The van der Waals surface area contributed by atoms with Gasteiger partial charge >= 0.3 is 5.69 Å². The molecule has 0 aromatic heterocycles. The van der Waals surface area contributed by atoms with Crippen LogP contribution < -0.4 is 15.4 Å². The molecule has 6 heteroatoms. The van der Waals surface area contributed by atoms with Crippen LogP contribution in [-0.2, 0) is 0 Å². The van der Waals surface area contributed by atoms with Gasteiger partial charge in [0.1, 0.15) is 0 Å². The number of anilines is 1. The van der Waals surface area contributed by atoms with Crippen molar-refractivity contribution in [2.24, 2.45) is 11.7 Å². The highest BCUT2D eigenvalue weighted by Crippen LogP contribution is 2.34. The van der Waals surface area contributed by atoms with Gasteiger partial charge in [-0.2, -0.15) is 0 Å². The van der Waals surface area contributed by atoms with E-state index in [0.29, 0.717) is 18.3 Å². The second-order valence-corrected chi connectivity index (χ2v) is 5.20. The summed E-state index contributed by atoms with van der Waals surface area (Å²) < 4.78 is 5.38. The predicted octanol–water partition coefficient (Wildman–Crippen LogP) is 2.17. The van der Waals surface area contributed by atoms with E-state index in [1.807, 2.05) is 13.8 Å². The van der Waals surface area contributed by atoms with Crippen molar-refractivity contribution >= 4 is 11.4 Å². The zero-order valence-electron chi connectivity index (χ0n) is 11.9. The fraction of sp³-hybridized carbons (Fsp3) is 0.571. The highest BCUT2D eigenvalue weighted by atomic mass is 16.6. The number of hydrogen-bond acceptors (Lipinski definition) is 5. The van der Waals surface area contributed by atoms with Crippen molar-refractivity contribution in [3.05, 3.63) is 28.3 Å². The first-order chi connectivity index (χ1) is 9.52. The number of nitro benzene ring substituents is 1. The number of nitrogens with zero attached hydrogens (tertiary/aromatic N) is 2. The lowest BCUT2D eigenvalue weighted by atomic mass is 10.0. The Morgan fingerprint density at radius 1 is 1.60 bits per heavy atom. The van der Waals surface area contributed by atoms with Gasteiger partial charge in [-0.25, -0.2) is 0 Å². The van der Waals surface area contributed by atoms with Crippen LogP contribution in [-0.4, -0.2) is 30.7 Å². The van der Waals surface area contributed by atoms with Gasteiger partial charge in [-0.3, -0.25) is 10.1 Å². The van der Waals surface area contributed by atoms with Crippen molar-refractivity contribution in [3.63, 3.8) is 0 Å². The third kappa shape index (κ3) is 3.01. The van der Waals surface area contributed by atoms with Gasteiger partial charge in [0.15, 0.2) is 5.75 Å². The average Bonchev–Trinajstić information content (AvgIpc) is 2.88. The largest absolute Gasteiger partial charge is 0.487 e. The Bertz CT molecular complexity index is 491. The van der Waals surface area contributed by atoms with E-state index < -0.39 is 4.92 Å². The van der Waals surface area contributed by atoms with Gasteiger partial charge in [0, 0.05) is 37.0 Å². The number of rotatable bonds is 5. The molecule has 1 aromatic carbocycles. The first-order valence-electron chi connectivity index (χ1n) is 6.94. The number of nitrogens with two attached hydrogens (primary N) is 1. The summed E-state index contributed by atoms with van der Waals surface area (Å²) in [5.74, 6) is 0.806. The van der Waals surface area contributed by atoms with Crippen LogP contribution in [0.25, 0.3) is 0 Å². The monoisotopic (exact) mass is 279 g/mol. The topological polar surface area (TPSA) is 81.6 Å². The second-order valence-electron chi connectivity index (χ2n) is 5.20. The SMILES string of the molecule is CCOc1cc(N2CCC(C(C)N)C2)ccc1[N+](=O)[O-]. The molecule has 1 heterocycles. The van der Waals surface area contributed by atoms with Gasteiger partial charge in [-0.1, -0.05) is 0 Å². The summed E-state index contributed by atoms with van der Waals surface area (Å²) in [4.78, 5) is 12.8. The van der Waals surface area contributed by atoms with E-state index in [4.69, 9.17) is 10.5 Å². The molecule has 110 valence electrons. The molecule has 2 N–H and O–H groups in total. The molecule has 2 atom stereocenters. The molecule has 0 bridgehead atoms. The summed E-state index contributed by atoms with van der Waals surface area (Å²) in [6, 6.07) is 5.22. The average molecular weight is 279 g/mol. The van der Waals surface area contributed by atoms with E-state index in [1.165, 1.54) is 6.07 Å². The van der Waals surface area contributed by atoms with Crippen LogP contribution in [0.15, 0.2) is 18.2 Å². The molecule has 0 radical (unpaired) electrons. The van der Waals surface area contributed by atoms with Crippen molar-refractivity contribution in [2.45, 2.75) is 26.3 Å². The van der Waals surface area contributed by atoms with Crippen LogP contribution >= 0.6 is 0 Å². The van der Waals surface area contributed by atoms with E-state index in [0.717, 1.165) is 25.2 Å². The lowest BCUT2D eigenvalue weighted by Crippen LogP contribution is -2.29. The zero-order valence-corrected chi connectivity index (χ0v) is 11.9. The third-order valence-corrected chi connectivity index (χ3v) is 3.77. The lowest BCUT2D eigenvalue weighted by molar-refractivity contribution is -0.385. The Kier molecular flexibility index (Phi) is 4.44. The van der Waals surface area contributed by atoms with Gasteiger partial charge in [0.05, 0.1) is 11.5 Å². The molecule has 1 aliphatic heterocycles. The molecule has 1 fully saturated rings. The van der Waals surface area contributed by atoms with Gasteiger partial charge in [-0.15, -0.1) is 0 Å². The first-order valence-corrected chi connectivity index (χ1v) is 6.94. The Balaban J connectivity index is 2.21. The molecule has 0 amide bonds. The molecular weight excluding hydrogens is 258 g/mol. The number of nitro groups is 1. The summed E-state index contributed by atoms with van der Waals surface area (Å²) in [5.41, 5.74) is 6.91. The number of hydrogen-bond donors (Lipinski definition) is 1. The third-order valence-electron chi connectivity index (χ3n) is 3.77. The van der Waals surface area contributed by atoms with E-state index in [9.17, 15) is 10.1 Å². The molecule has 0 saturated carbocycles. The Morgan fingerprint density at radius 2 is 2.35 bits per heavy atom. The highest BCUT2D eigenvalue weighted by molar-refractivity contribution is 5.59. The van der Waals surface area contributed by atoms with Gasteiger partial charge in [-0.05, 0) is 32.3 Å². The molecule has 2 rings (SSSR count). The fourth-order valence-electron chi connectivity index (χ4n) is 2.57. The molecule has 1 aliphatic rings.